The number of pyridine rings is 1. The zero-order valence-electron chi connectivity index (χ0n) is 19.3. The van der Waals surface area contributed by atoms with Crippen molar-refractivity contribution in [2.45, 2.75) is 71.9 Å². The van der Waals surface area contributed by atoms with Crippen molar-refractivity contribution in [3.05, 3.63) is 47.9 Å². The van der Waals surface area contributed by atoms with Gasteiger partial charge in [0.05, 0.1) is 5.52 Å². The van der Waals surface area contributed by atoms with Gasteiger partial charge in [-0.3, -0.25) is 4.90 Å². The Morgan fingerprint density at radius 2 is 1.84 bits per heavy atom. The molecule has 0 radical (unpaired) electrons. The SMILES string of the molecule is CC.CCc1nc2nccc(-c3cc4cc(CN(C)C5CCCCC5)ccc4[nH]3)c2[nH]1. The van der Waals surface area contributed by atoms with Gasteiger partial charge in [-0.05, 0) is 49.7 Å². The summed E-state index contributed by atoms with van der Waals surface area (Å²) in [6.07, 6.45) is 9.56. The van der Waals surface area contributed by atoms with Gasteiger partial charge < -0.3 is 9.97 Å². The first-order chi connectivity index (χ1) is 15.2. The molecule has 5 nitrogen and oxygen atoms in total. The number of aromatic nitrogens is 4. The van der Waals surface area contributed by atoms with Gasteiger partial charge in [0.15, 0.2) is 5.65 Å². The molecule has 0 atom stereocenters. The molecule has 31 heavy (non-hydrogen) atoms. The standard InChI is InChI=1S/C24H29N5.C2H6/c1-3-22-27-23-19(11-12-25-24(23)28-22)21-14-17-13-16(9-10-20(17)26-21)15-29(2)18-7-5-4-6-8-18;1-2/h9-14,18,26H,3-8,15H2,1-2H3,(H,25,27,28);1-2H3. The summed E-state index contributed by atoms with van der Waals surface area (Å²) in [7, 11) is 2.28. The number of aromatic amines is 2. The van der Waals surface area contributed by atoms with E-state index in [1.54, 1.807) is 0 Å². The third kappa shape index (κ3) is 4.52. The van der Waals surface area contributed by atoms with Crippen LogP contribution in [-0.4, -0.2) is 37.9 Å². The molecule has 0 aliphatic heterocycles. The van der Waals surface area contributed by atoms with Gasteiger partial charge in [0, 0.05) is 47.4 Å². The maximum Gasteiger partial charge on any atom is 0.178 e. The molecular formula is C26H35N5. The predicted octanol–water partition coefficient (Wildman–Crippen LogP) is 6.46. The highest BCUT2D eigenvalue weighted by Gasteiger charge is 2.18. The van der Waals surface area contributed by atoms with Crippen LogP contribution < -0.4 is 0 Å². The van der Waals surface area contributed by atoms with Crippen LogP contribution in [0.5, 0.6) is 0 Å². The molecule has 3 heterocycles. The molecule has 164 valence electrons. The maximum absolute atomic E-state index is 4.58. The number of fused-ring (bicyclic) bond motifs is 2. The number of H-pyrrole nitrogens is 2. The Balaban J connectivity index is 0.00000112. The highest BCUT2D eigenvalue weighted by molar-refractivity contribution is 5.94. The first-order valence-electron chi connectivity index (χ1n) is 11.9. The summed E-state index contributed by atoms with van der Waals surface area (Å²) in [6, 6.07) is 11.8. The quantitative estimate of drug-likeness (QED) is 0.392. The average Bonchev–Trinajstić information content (AvgIpc) is 3.44. The van der Waals surface area contributed by atoms with Gasteiger partial charge in [-0.15, -0.1) is 0 Å². The number of hydrogen-bond donors (Lipinski definition) is 2. The third-order valence-electron chi connectivity index (χ3n) is 6.38. The topological polar surface area (TPSA) is 60.6 Å². The Hall–Kier alpha value is -2.66. The zero-order valence-corrected chi connectivity index (χ0v) is 19.3. The van der Waals surface area contributed by atoms with Crippen molar-refractivity contribution in [1.82, 2.24) is 24.8 Å². The van der Waals surface area contributed by atoms with Crippen LogP contribution in [-0.2, 0) is 13.0 Å². The molecule has 1 saturated carbocycles. The maximum atomic E-state index is 4.58. The summed E-state index contributed by atoms with van der Waals surface area (Å²) >= 11 is 0. The smallest absolute Gasteiger partial charge is 0.178 e. The Morgan fingerprint density at radius 1 is 1.03 bits per heavy atom. The molecule has 0 unspecified atom stereocenters. The number of aryl methyl sites for hydroxylation is 1. The predicted molar refractivity (Wildman–Crippen MR) is 130 cm³/mol. The van der Waals surface area contributed by atoms with Crippen LogP contribution in [0, 0.1) is 0 Å². The van der Waals surface area contributed by atoms with Crippen molar-refractivity contribution >= 4 is 22.1 Å². The van der Waals surface area contributed by atoms with Gasteiger partial charge in [-0.1, -0.05) is 46.1 Å². The Labute approximate surface area is 185 Å². The van der Waals surface area contributed by atoms with Gasteiger partial charge in [0.2, 0.25) is 0 Å². The minimum absolute atomic E-state index is 0.736. The van der Waals surface area contributed by atoms with Crippen LogP contribution in [0.1, 0.15) is 64.3 Å². The van der Waals surface area contributed by atoms with E-state index in [-0.39, 0.29) is 0 Å². The second kappa shape index (κ2) is 9.65. The number of hydrogen-bond acceptors (Lipinski definition) is 3. The molecule has 2 N–H and O–H groups in total. The molecule has 0 amide bonds. The molecule has 0 saturated heterocycles. The van der Waals surface area contributed by atoms with Crippen molar-refractivity contribution in [2.24, 2.45) is 0 Å². The molecule has 4 aromatic rings. The summed E-state index contributed by atoms with van der Waals surface area (Å²) in [5.74, 6) is 0.976. The number of imidazole rings is 1. The Morgan fingerprint density at radius 3 is 2.61 bits per heavy atom. The molecule has 3 aromatic heterocycles. The van der Waals surface area contributed by atoms with Crippen LogP contribution in [0.15, 0.2) is 36.5 Å². The van der Waals surface area contributed by atoms with Crippen LogP contribution >= 0.6 is 0 Å². The average molecular weight is 418 g/mol. The van der Waals surface area contributed by atoms with Crippen LogP contribution in [0.3, 0.4) is 0 Å². The normalized spacial score (nSPS) is 14.9. The second-order valence-electron chi connectivity index (χ2n) is 8.41. The first kappa shape index (κ1) is 21.6. The molecule has 5 heteroatoms. The summed E-state index contributed by atoms with van der Waals surface area (Å²) in [6.45, 7) is 7.12. The molecule has 1 aliphatic rings. The largest absolute Gasteiger partial charge is 0.354 e. The van der Waals surface area contributed by atoms with Crippen molar-refractivity contribution in [2.75, 3.05) is 7.05 Å². The fourth-order valence-corrected chi connectivity index (χ4v) is 4.72. The first-order valence-corrected chi connectivity index (χ1v) is 11.9. The monoisotopic (exact) mass is 417 g/mol. The van der Waals surface area contributed by atoms with E-state index in [0.717, 1.165) is 47.3 Å². The van der Waals surface area contributed by atoms with Crippen molar-refractivity contribution in [3.63, 3.8) is 0 Å². The summed E-state index contributed by atoms with van der Waals surface area (Å²) in [4.78, 5) is 18.6. The lowest BCUT2D eigenvalue weighted by atomic mass is 9.94. The van der Waals surface area contributed by atoms with Crippen LogP contribution in [0.4, 0.5) is 0 Å². The molecule has 1 aromatic carbocycles. The molecule has 0 spiro atoms. The fourth-order valence-electron chi connectivity index (χ4n) is 4.72. The lowest BCUT2D eigenvalue weighted by molar-refractivity contribution is 0.184. The number of nitrogens with zero attached hydrogens (tertiary/aromatic N) is 3. The Kier molecular flexibility index (Phi) is 6.71. The van der Waals surface area contributed by atoms with E-state index in [9.17, 15) is 0 Å². The van der Waals surface area contributed by atoms with Crippen LogP contribution in [0.25, 0.3) is 33.3 Å². The van der Waals surface area contributed by atoms with E-state index in [1.807, 2.05) is 20.0 Å². The molecular weight excluding hydrogens is 382 g/mol. The van der Waals surface area contributed by atoms with E-state index in [4.69, 9.17) is 0 Å². The lowest BCUT2D eigenvalue weighted by Crippen LogP contribution is -2.32. The van der Waals surface area contributed by atoms with Gasteiger partial charge in [0.25, 0.3) is 0 Å². The highest BCUT2D eigenvalue weighted by Crippen LogP contribution is 2.30. The van der Waals surface area contributed by atoms with E-state index in [2.05, 4.69) is 69.1 Å². The zero-order chi connectivity index (χ0) is 21.8. The van der Waals surface area contributed by atoms with E-state index < -0.39 is 0 Å². The minimum atomic E-state index is 0.736. The van der Waals surface area contributed by atoms with E-state index in [1.165, 1.54) is 48.6 Å². The summed E-state index contributed by atoms with van der Waals surface area (Å²) < 4.78 is 0. The van der Waals surface area contributed by atoms with Gasteiger partial charge in [0.1, 0.15) is 5.82 Å². The highest BCUT2D eigenvalue weighted by atomic mass is 15.1. The molecule has 5 rings (SSSR count). The van der Waals surface area contributed by atoms with Gasteiger partial charge in [-0.25, -0.2) is 9.97 Å². The minimum Gasteiger partial charge on any atom is -0.354 e. The lowest BCUT2D eigenvalue weighted by Gasteiger charge is -2.31. The van der Waals surface area contributed by atoms with Crippen molar-refractivity contribution in [3.8, 4) is 11.3 Å². The third-order valence-corrected chi connectivity index (χ3v) is 6.38. The van der Waals surface area contributed by atoms with Crippen LogP contribution in [0.2, 0.25) is 0 Å². The molecule has 0 bridgehead atoms. The number of rotatable bonds is 5. The second-order valence-corrected chi connectivity index (χ2v) is 8.41. The fraction of sp³-hybridized carbons (Fsp3) is 0.462. The molecule has 1 fully saturated rings. The van der Waals surface area contributed by atoms with E-state index >= 15 is 0 Å². The summed E-state index contributed by atoms with van der Waals surface area (Å²) in [5, 5.41) is 1.26. The van der Waals surface area contributed by atoms with E-state index in [0.29, 0.717) is 0 Å². The summed E-state index contributed by atoms with van der Waals surface area (Å²) in [5.41, 5.74) is 6.58. The number of nitrogens with one attached hydrogen (secondary N) is 2. The van der Waals surface area contributed by atoms with Crippen molar-refractivity contribution in [1.29, 1.82) is 0 Å². The molecule has 1 aliphatic carbocycles. The van der Waals surface area contributed by atoms with Gasteiger partial charge in [-0.2, -0.15) is 0 Å². The van der Waals surface area contributed by atoms with Crippen molar-refractivity contribution < 1.29 is 0 Å². The Bertz CT molecular complexity index is 1130. The number of benzene rings is 1. The van der Waals surface area contributed by atoms with Gasteiger partial charge >= 0.3 is 0 Å².